The van der Waals surface area contributed by atoms with Crippen LogP contribution in [0.2, 0.25) is 0 Å². The Morgan fingerprint density at radius 3 is 2.96 bits per heavy atom. The van der Waals surface area contributed by atoms with Gasteiger partial charge in [0, 0.05) is 59.7 Å². The van der Waals surface area contributed by atoms with E-state index in [0.717, 1.165) is 22.2 Å². The van der Waals surface area contributed by atoms with Gasteiger partial charge in [-0.1, -0.05) is 11.3 Å². The third-order valence-electron chi connectivity index (χ3n) is 4.44. The van der Waals surface area contributed by atoms with E-state index in [1.54, 1.807) is 0 Å². The zero-order valence-corrected chi connectivity index (χ0v) is 14.3. The Bertz CT molecular complexity index is 912. The Balaban J connectivity index is 1.49. The minimum atomic E-state index is -0.867. The third-order valence-corrected chi connectivity index (χ3v) is 5.18. The smallest absolute Gasteiger partial charge is 0.407 e. The van der Waals surface area contributed by atoms with Crippen molar-refractivity contribution in [2.24, 2.45) is 0 Å². The van der Waals surface area contributed by atoms with Crippen LogP contribution in [0.4, 0.5) is 10.5 Å². The quantitative estimate of drug-likeness (QED) is 0.623. The second kappa shape index (κ2) is 6.29. The molecule has 0 saturated carbocycles. The number of hydrogen-bond donors (Lipinski definition) is 3. The Labute approximate surface area is 148 Å². The van der Waals surface area contributed by atoms with Gasteiger partial charge in [-0.05, 0) is 18.2 Å². The Kier molecular flexibility index (Phi) is 3.96. The van der Waals surface area contributed by atoms with Gasteiger partial charge in [0.15, 0.2) is 0 Å². The average molecular weight is 358 g/mol. The SMILES string of the molecule is Nc1ccc2[nH]cc(-c3csc(OC4CCN(C(=O)O)CC4)n3)c2c1. The zero-order chi connectivity index (χ0) is 17.4. The van der Waals surface area contributed by atoms with Crippen molar-refractivity contribution in [3.63, 3.8) is 0 Å². The lowest BCUT2D eigenvalue weighted by Gasteiger charge is -2.29. The normalized spacial score (nSPS) is 15.6. The average Bonchev–Trinajstić information content (AvgIpc) is 3.21. The highest BCUT2D eigenvalue weighted by Crippen LogP contribution is 2.33. The van der Waals surface area contributed by atoms with Crippen molar-refractivity contribution in [2.45, 2.75) is 18.9 Å². The fourth-order valence-corrected chi connectivity index (χ4v) is 3.83. The van der Waals surface area contributed by atoms with Crippen molar-refractivity contribution < 1.29 is 14.6 Å². The number of piperidine rings is 1. The molecule has 4 rings (SSSR count). The first-order chi connectivity index (χ1) is 12.1. The second-order valence-electron chi connectivity index (χ2n) is 6.09. The van der Waals surface area contributed by atoms with E-state index < -0.39 is 6.09 Å². The number of carbonyl (C=O) groups is 1. The molecule has 1 aliphatic heterocycles. The number of nitrogens with two attached hydrogens (primary N) is 1. The summed E-state index contributed by atoms with van der Waals surface area (Å²) < 4.78 is 5.95. The van der Waals surface area contributed by atoms with Crippen LogP contribution < -0.4 is 10.5 Å². The molecule has 0 atom stereocenters. The van der Waals surface area contributed by atoms with Crippen LogP contribution in [0, 0.1) is 0 Å². The fraction of sp³-hybridized carbons (Fsp3) is 0.294. The molecule has 1 aliphatic rings. The van der Waals surface area contributed by atoms with Crippen molar-refractivity contribution in [3.8, 4) is 16.5 Å². The number of anilines is 1. The molecule has 1 saturated heterocycles. The predicted molar refractivity (Wildman–Crippen MR) is 97.1 cm³/mol. The lowest BCUT2D eigenvalue weighted by Crippen LogP contribution is -2.41. The number of fused-ring (bicyclic) bond motifs is 1. The maximum Gasteiger partial charge on any atom is 0.407 e. The van der Waals surface area contributed by atoms with Gasteiger partial charge in [-0.25, -0.2) is 9.78 Å². The van der Waals surface area contributed by atoms with Gasteiger partial charge in [-0.3, -0.25) is 0 Å². The third kappa shape index (κ3) is 3.12. The number of benzene rings is 1. The highest BCUT2D eigenvalue weighted by molar-refractivity contribution is 7.11. The number of nitrogens with one attached hydrogen (secondary N) is 1. The first-order valence-electron chi connectivity index (χ1n) is 8.07. The number of H-pyrrole nitrogens is 1. The van der Waals surface area contributed by atoms with Crippen LogP contribution in [0.1, 0.15) is 12.8 Å². The summed E-state index contributed by atoms with van der Waals surface area (Å²) in [4.78, 5) is 20.2. The van der Waals surface area contributed by atoms with Crippen LogP contribution in [-0.2, 0) is 0 Å². The molecule has 1 aromatic carbocycles. The van der Waals surface area contributed by atoms with E-state index >= 15 is 0 Å². The van der Waals surface area contributed by atoms with Crippen molar-refractivity contribution in [3.05, 3.63) is 29.8 Å². The summed E-state index contributed by atoms with van der Waals surface area (Å²) in [6.45, 7) is 1.000. The molecule has 0 radical (unpaired) electrons. The van der Waals surface area contributed by atoms with Gasteiger partial charge in [0.25, 0.3) is 5.19 Å². The van der Waals surface area contributed by atoms with Gasteiger partial charge in [0.2, 0.25) is 0 Å². The largest absolute Gasteiger partial charge is 0.467 e. The molecular weight excluding hydrogens is 340 g/mol. The monoisotopic (exact) mass is 358 g/mol. The zero-order valence-electron chi connectivity index (χ0n) is 13.4. The van der Waals surface area contributed by atoms with Crippen molar-refractivity contribution in [1.29, 1.82) is 0 Å². The molecule has 4 N–H and O–H groups in total. The molecule has 2 aromatic heterocycles. The van der Waals surface area contributed by atoms with Gasteiger partial charge >= 0.3 is 6.09 Å². The molecule has 0 unspecified atom stereocenters. The molecule has 7 nitrogen and oxygen atoms in total. The van der Waals surface area contributed by atoms with Crippen LogP contribution in [0.5, 0.6) is 5.19 Å². The van der Waals surface area contributed by atoms with E-state index in [2.05, 4.69) is 9.97 Å². The molecule has 1 fully saturated rings. The van der Waals surface area contributed by atoms with E-state index in [4.69, 9.17) is 15.6 Å². The molecule has 130 valence electrons. The number of hydrogen-bond acceptors (Lipinski definition) is 5. The molecule has 1 amide bonds. The number of nitrogens with zero attached hydrogens (tertiary/aromatic N) is 2. The first-order valence-corrected chi connectivity index (χ1v) is 8.95. The van der Waals surface area contributed by atoms with Crippen LogP contribution in [0.3, 0.4) is 0 Å². The Hall–Kier alpha value is -2.74. The molecule has 3 heterocycles. The number of aromatic nitrogens is 2. The van der Waals surface area contributed by atoms with E-state index in [0.29, 0.717) is 36.8 Å². The molecule has 0 spiro atoms. The topological polar surface area (TPSA) is 104 Å². The number of nitrogen functional groups attached to an aromatic ring is 1. The lowest BCUT2D eigenvalue weighted by molar-refractivity contribution is 0.0893. The number of rotatable bonds is 3. The summed E-state index contributed by atoms with van der Waals surface area (Å²) in [6, 6.07) is 5.75. The van der Waals surface area contributed by atoms with Crippen molar-refractivity contribution in [1.82, 2.24) is 14.9 Å². The summed E-state index contributed by atoms with van der Waals surface area (Å²) >= 11 is 1.45. The molecule has 3 aromatic rings. The van der Waals surface area contributed by atoms with E-state index in [9.17, 15) is 4.79 Å². The molecule has 0 aliphatic carbocycles. The number of amides is 1. The number of aromatic amines is 1. The van der Waals surface area contributed by atoms with Gasteiger partial charge in [-0.2, -0.15) is 0 Å². The maximum absolute atomic E-state index is 10.9. The van der Waals surface area contributed by atoms with E-state index in [-0.39, 0.29) is 6.10 Å². The van der Waals surface area contributed by atoms with Crippen LogP contribution in [0.25, 0.3) is 22.2 Å². The molecular formula is C17H18N4O3S. The van der Waals surface area contributed by atoms with Gasteiger partial charge in [0.1, 0.15) is 6.10 Å². The summed E-state index contributed by atoms with van der Waals surface area (Å²) in [6.07, 6.45) is 2.44. The maximum atomic E-state index is 10.9. The van der Waals surface area contributed by atoms with E-state index in [1.807, 2.05) is 29.8 Å². The second-order valence-corrected chi connectivity index (χ2v) is 6.91. The van der Waals surface area contributed by atoms with Crippen molar-refractivity contribution in [2.75, 3.05) is 18.8 Å². The Morgan fingerprint density at radius 2 is 2.20 bits per heavy atom. The minimum Gasteiger partial charge on any atom is -0.467 e. The predicted octanol–water partition coefficient (Wildman–Crippen LogP) is 3.39. The molecule has 8 heteroatoms. The highest BCUT2D eigenvalue weighted by Gasteiger charge is 2.24. The summed E-state index contributed by atoms with van der Waals surface area (Å²) in [7, 11) is 0. The van der Waals surface area contributed by atoms with Crippen LogP contribution >= 0.6 is 11.3 Å². The summed E-state index contributed by atoms with van der Waals surface area (Å²) in [5, 5.41) is 12.6. The number of likely N-dealkylation sites (tertiary alicyclic amines) is 1. The standard InChI is InChI=1S/C17H18N4O3S/c18-10-1-2-14-12(7-10)13(8-19-14)15-9-25-16(20-15)24-11-3-5-21(6-4-11)17(22)23/h1-2,7-9,11,19H,3-6,18H2,(H,22,23). The molecule has 25 heavy (non-hydrogen) atoms. The van der Waals surface area contributed by atoms with Crippen LogP contribution in [-0.4, -0.2) is 45.3 Å². The Morgan fingerprint density at radius 1 is 1.40 bits per heavy atom. The highest BCUT2D eigenvalue weighted by atomic mass is 32.1. The van der Waals surface area contributed by atoms with E-state index in [1.165, 1.54) is 16.2 Å². The number of thiazole rings is 1. The minimum absolute atomic E-state index is 0.00760. The summed E-state index contributed by atoms with van der Waals surface area (Å²) in [5.41, 5.74) is 9.46. The first kappa shape index (κ1) is 15.8. The number of carboxylic acid groups (broad SMARTS) is 1. The lowest BCUT2D eigenvalue weighted by atomic mass is 10.1. The van der Waals surface area contributed by atoms with Gasteiger partial charge in [-0.15, -0.1) is 0 Å². The fourth-order valence-electron chi connectivity index (χ4n) is 3.09. The number of ether oxygens (including phenoxy) is 1. The summed E-state index contributed by atoms with van der Waals surface area (Å²) in [5.74, 6) is 0. The van der Waals surface area contributed by atoms with Gasteiger partial charge < -0.3 is 25.5 Å². The van der Waals surface area contributed by atoms with Crippen LogP contribution in [0.15, 0.2) is 29.8 Å². The molecule has 0 bridgehead atoms. The van der Waals surface area contributed by atoms with Gasteiger partial charge in [0.05, 0.1) is 5.69 Å². The van der Waals surface area contributed by atoms with Crippen molar-refractivity contribution >= 4 is 34.0 Å².